The number of aryl methyl sites for hydroxylation is 1. The molecule has 0 aliphatic carbocycles. The van der Waals surface area contributed by atoms with E-state index in [1.807, 2.05) is 36.4 Å². The maximum Gasteiger partial charge on any atom is 0.224 e. The first-order valence-corrected chi connectivity index (χ1v) is 9.19. The van der Waals surface area contributed by atoms with Crippen LogP contribution in [0.25, 0.3) is 0 Å². The number of fused-ring (bicyclic) bond motifs is 2. The van der Waals surface area contributed by atoms with E-state index in [9.17, 15) is 9.59 Å². The molecule has 0 radical (unpaired) electrons. The zero-order chi connectivity index (χ0) is 18.8. The zero-order valence-electron chi connectivity index (χ0n) is 15.3. The largest absolute Gasteiger partial charge is 0.486 e. The van der Waals surface area contributed by atoms with Crippen LogP contribution in [0.3, 0.4) is 0 Å². The van der Waals surface area contributed by atoms with Crippen molar-refractivity contribution in [1.82, 2.24) is 0 Å². The Morgan fingerprint density at radius 2 is 1.89 bits per heavy atom. The highest BCUT2D eigenvalue weighted by molar-refractivity contribution is 5.95. The number of anilines is 2. The van der Waals surface area contributed by atoms with Crippen molar-refractivity contribution in [1.29, 1.82) is 0 Å². The van der Waals surface area contributed by atoms with Crippen molar-refractivity contribution in [2.75, 3.05) is 30.0 Å². The number of amides is 2. The van der Waals surface area contributed by atoms with E-state index in [2.05, 4.69) is 5.32 Å². The van der Waals surface area contributed by atoms with Gasteiger partial charge >= 0.3 is 0 Å². The topological polar surface area (TPSA) is 67.9 Å². The average Bonchev–Trinajstić information content (AvgIpc) is 3.10. The molecule has 140 valence electrons. The first kappa shape index (κ1) is 17.4. The Morgan fingerprint density at radius 1 is 1.07 bits per heavy atom. The third kappa shape index (κ3) is 3.74. The molecule has 2 aliphatic rings. The molecule has 0 unspecified atom stereocenters. The minimum atomic E-state index is -0.0359. The number of hydrogen-bond donors (Lipinski definition) is 1. The SMILES string of the molecule is CC(=O)N1CCc2cc(NC(=O)CCc3ccc4c(c3)OCCO4)ccc21. The van der Waals surface area contributed by atoms with Gasteiger partial charge in [0.2, 0.25) is 11.8 Å². The molecule has 2 amide bonds. The van der Waals surface area contributed by atoms with E-state index in [0.717, 1.165) is 40.4 Å². The molecular weight excluding hydrogens is 344 g/mol. The Kier molecular flexibility index (Phi) is 4.71. The van der Waals surface area contributed by atoms with E-state index in [4.69, 9.17) is 9.47 Å². The molecule has 6 heteroatoms. The van der Waals surface area contributed by atoms with Crippen molar-refractivity contribution in [2.45, 2.75) is 26.2 Å². The van der Waals surface area contributed by atoms with Crippen LogP contribution in [-0.4, -0.2) is 31.6 Å². The van der Waals surface area contributed by atoms with Crippen LogP contribution in [0.1, 0.15) is 24.5 Å². The fraction of sp³-hybridized carbons (Fsp3) is 0.333. The molecule has 2 aliphatic heterocycles. The number of carbonyl (C=O) groups excluding carboxylic acids is 2. The Labute approximate surface area is 158 Å². The Bertz CT molecular complexity index is 894. The summed E-state index contributed by atoms with van der Waals surface area (Å²) < 4.78 is 11.1. The van der Waals surface area contributed by atoms with Crippen LogP contribution in [0, 0.1) is 0 Å². The van der Waals surface area contributed by atoms with Crippen LogP contribution in [0.15, 0.2) is 36.4 Å². The monoisotopic (exact) mass is 366 g/mol. The van der Waals surface area contributed by atoms with Crippen LogP contribution >= 0.6 is 0 Å². The molecule has 27 heavy (non-hydrogen) atoms. The van der Waals surface area contributed by atoms with Gasteiger partial charge in [0, 0.05) is 31.3 Å². The number of nitrogens with one attached hydrogen (secondary N) is 1. The van der Waals surface area contributed by atoms with E-state index in [0.29, 0.717) is 32.6 Å². The van der Waals surface area contributed by atoms with Crippen molar-refractivity contribution < 1.29 is 19.1 Å². The zero-order valence-corrected chi connectivity index (χ0v) is 15.3. The highest BCUT2D eigenvalue weighted by atomic mass is 16.6. The molecule has 0 aromatic heterocycles. The second-order valence-corrected chi connectivity index (χ2v) is 6.79. The van der Waals surface area contributed by atoms with E-state index in [1.165, 1.54) is 0 Å². The molecule has 4 rings (SSSR count). The van der Waals surface area contributed by atoms with Gasteiger partial charge in [0.05, 0.1) is 0 Å². The Hall–Kier alpha value is -3.02. The van der Waals surface area contributed by atoms with Gasteiger partial charge in [-0.25, -0.2) is 0 Å². The fourth-order valence-electron chi connectivity index (χ4n) is 3.53. The molecule has 2 heterocycles. The average molecular weight is 366 g/mol. The summed E-state index contributed by atoms with van der Waals surface area (Å²) in [6, 6.07) is 11.5. The lowest BCUT2D eigenvalue weighted by Crippen LogP contribution is -2.25. The molecule has 0 atom stereocenters. The van der Waals surface area contributed by atoms with Crippen molar-refractivity contribution in [3.63, 3.8) is 0 Å². The molecule has 0 bridgehead atoms. The van der Waals surface area contributed by atoms with Gasteiger partial charge in [0.1, 0.15) is 13.2 Å². The number of benzene rings is 2. The number of carbonyl (C=O) groups is 2. The number of rotatable bonds is 4. The predicted octanol–water partition coefficient (Wildman–Crippen LogP) is 2.94. The summed E-state index contributed by atoms with van der Waals surface area (Å²) in [5.41, 5.74) is 3.85. The molecule has 1 N–H and O–H groups in total. The molecule has 0 spiro atoms. The van der Waals surface area contributed by atoms with Gasteiger partial charge in [-0.05, 0) is 54.3 Å². The molecule has 2 aromatic rings. The number of ether oxygens (including phenoxy) is 2. The Balaban J connectivity index is 1.35. The second kappa shape index (κ2) is 7.31. The van der Waals surface area contributed by atoms with E-state index in [1.54, 1.807) is 11.8 Å². The lowest BCUT2D eigenvalue weighted by Gasteiger charge is -2.18. The van der Waals surface area contributed by atoms with Crippen molar-refractivity contribution in [3.05, 3.63) is 47.5 Å². The molecule has 0 saturated heterocycles. The van der Waals surface area contributed by atoms with Crippen LogP contribution < -0.4 is 19.7 Å². The lowest BCUT2D eigenvalue weighted by atomic mass is 10.1. The van der Waals surface area contributed by atoms with Crippen LogP contribution in [0.5, 0.6) is 11.5 Å². The minimum absolute atomic E-state index is 0.0359. The van der Waals surface area contributed by atoms with Gasteiger partial charge in [0.15, 0.2) is 11.5 Å². The van der Waals surface area contributed by atoms with Gasteiger partial charge < -0.3 is 19.7 Å². The van der Waals surface area contributed by atoms with Crippen LogP contribution in [0.4, 0.5) is 11.4 Å². The summed E-state index contributed by atoms with van der Waals surface area (Å²) in [7, 11) is 0. The maximum atomic E-state index is 12.3. The standard InChI is InChI=1S/C21H22N2O4/c1-14(24)23-9-8-16-13-17(4-5-18(16)23)22-21(25)7-3-15-2-6-19-20(12-15)27-11-10-26-19/h2,4-6,12-13H,3,7-11H2,1H3,(H,22,25). The van der Waals surface area contributed by atoms with Crippen molar-refractivity contribution in [3.8, 4) is 11.5 Å². The molecule has 2 aromatic carbocycles. The van der Waals surface area contributed by atoms with E-state index >= 15 is 0 Å². The van der Waals surface area contributed by atoms with Crippen molar-refractivity contribution in [2.24, 2.45) is 0 Å². The highest BCUT2D eigenvalue weighted by Gasteiger charge is 2.22. The van der Waals surface area contributed by atoms with E-state index in [-0.39, 0.29) is 11.8 Å². The van der Waals surface area contributed by atoms with E-state index < -0.39 is 0 Å². The highest BCUT2D eigenvalue weighted by Crippen LogP contribution is 2.32. The fourth-order valence-corrected chi connectivity index (χ4v) is 3.53. The first-order chi connectivity index (χ1) is 13.1. The first-order valence-electron chi connectivity index (χ1n) is 9.19. The Morgan fingerprint density at radius 3 is 2.70 bits per heavy atom. The molecule has 0 fully saturated rings. The number of nitrogens with zero attached hydrogens (tertiary/aromatic N) is 1. The smallest absolute Gasteiger partial charge is 0.224 e. The third-order valence-electron chi connectivity index (χ3n) is 4.89. The van der Waals surface area contributed by atoms with Gasteiger partial charge in [-0.1, -0.05) is 6.07 Å². The summed E-state index contributed by atoms with van der Waals surface area (Å²) in [4.78, 5) is 25.7. The maximum absolute atomic E-state index is 12.3. The molecular formula is C21H22N2O4. The number of hydrogen-bond acceptors (Lipinski definition) is 4. The molecule has 6 nitrogen and oxygen atoms in total. The van der Waals surface area contributed by atoms with Gasteiger partial charge in [-0.2, -0.15) is 0 Å². The lowest BCUT2D eigenvalue weighted by molar-refractivity contribution is -0.117. The summed E-state index contributed by atoms with van der Waals surface area (Å²) >= 11 is 0. The quantitative estimate of drug-likeness (QED) is 0.903. The van der Waals surface area contributed by atoms with Crippen molar-refractivity contribution >= 4 is 23.2 Å². The van der Waals surface area contributed by atoms with Crippen LogP contribution in [-0.2, 0) is 22.4 Å². The van der Waals surface area contributed by atoms with Gasteiger partial charge in [-0.3, -0.25) is 9.59 Å². The van der Waals surface area contributed by atoms with Gasteiger partial charge in [-0.15, -0.1) is 0 Å². The predicted molar refractivity (Wildman–Crippen MR) is 103 cm³/mol. The summed E-state index contributed by atoms with van der Waals surface area (Å²) in [6.07, 6.45) is 1.83. The van der Waals surface area contributed by atoms with Crippen LogP contribution in [0.2, 0.25) is 0 Å². The minimum Gasteiger partial charge on any atom is -0.486 e. The summed E-state index contributed by atoms with van der Waals surface area (Å²) in [6.45, 7) is 3.39. The second-order valence-electron chi connectivity index (χ2n) is 6.79. The summed E-state index contributed by atoms with van der Waals surface area (Å²) in [5, 5.41) is 2.95. The summed E-state index contributed by atoms with van der Waals surface area (Å²) in [5.74, 6) is 1.51. The van der Waals surface area contributed by atoms with Gasteiger partial charge in [0.25, 0.3) is 0 Å². The normalized spacial score (nSPS) is 14.6. The third-order valence-corrected chi connectivity index (χ3v) is 4.89. The molecule has 0 saturated carbocycles.